The molecule has 4 nitrogen and oxygen atoms in total. The van der Waals surface area contributed by atoms with Gasteiger partial charge >= 0.3 is 5.97 Å². The van der Waals surface area contributed by atoms with Crippen LogP contribution in [0.15, 0.2) is 10.5 Å². The Kier molecular flexibility index (Phi) is 4.67. The molecule has 0 unspecified atom stereocenters. The van der Waals surface area contributed by atoms with Gasteiger partial charge in [0.05, 0.1) is 6.54 Å². The number of rotatable bonds is 3. The van der Waals surface area contributed by atoms with E-state index in [4.69, 9.17) is 9.52 Å². The molecule has 14 heavy (non-hydrogen) atoms. The van der Waals surface area contributed by atoms with Crippen LogP contribution in [0.2, 0.25) is 0 Å². The topological polar surface area (TPSA) is 53.7 Å². The third-order valence-electron chi connectivity index (χ3n) is 1.67. The molecule has 0 aliphatic rings. The van der Waals surface area contributed by atoms with Crippen molar-refractivity contribution in [3.8, 4) is 0 Å². The number of aryl methyl sites for hydroxylation is 1. The fourth-order valence-corrected chi connectivity index (χ4v) is 1.15. The molecule has 0 amide bonds. The molecule has 1 aromatic rings. The summed E-state index contributed by atoms with van der Waals surface area (Å²) in [4.78, 5) is 12.6. The predicted molar refractivity (Wildman–Crippen MR) is 55.0 cm³/mol. The van der Waals surface area contributed by atoms with E-state index >= 15 is 0 Å². The number of aromatic carboxylic acids is 1. The number of nitrogens with zero attached hydrogens (tertiary/aromatic N) is 1. The Morgan fingerprint density at radius 3 is 2.50 bits per heavy atom. The van der Waals surface area contributed by atoms with Crippen molar-refractivity contribution < 1.29 is 14.3 Å². The van der Waals surface area contributed by atoms with Crippen LogP contribution < -0.4 is 0 Å². The van der Waals surface area contributed by atoms with E-state index < -0.39 is 5.97 Å². The van der Waals surface area contributed by atoms with Crippen molar-refractivity contribution in [3.63, 3.8) is 0 Å². The fraction of sp³-hybridized carbons (Fsp3) is 0.444. The summed E-state index contributed by atoms with van der Waals surface area (Å²) in [6, 6.07) is 1.57. The first kappa shape index (κ1) is 13.0. The number of carboxylic acids is 1. The standard InChI is InChI=1S/C9H13NO3.ClH/c1-6-8(9(11)12)4-7(13-6)5-10(2)3;/h4H,5H2,1-3H3,(H,11,12);1H. The lowest BCUT2D eigenvalue weighted by Gasteiger charge is -2.05. The summed E-state index contributed by atoms with van der Waals surface area (Å²) in [7, 11) is 3.80. The number of furan rings is 1. The molecule has 0 aliphatic heterocycles. The quantitative estimate of drug-likeness (QED) is 0.842. The highest BCUT2D eigenvalue weighted by Crippen LogP contribution is 2.15. The fourth-order valence-electron chi connectivity index (χ4n) is 1.15. The predicted octanol–water partition coefficient (Wildman–Crippen LogP) is 1.77. The maximum absolute atomic E-state index is 10.6. The van der Waals surface area contributed by atoms with E-state index in [1.807, 2.05) is 19.0 Å². The molecule has 0 bridgehead atoms. The van der Waals surface area contributed by atoms with Gasteiger partial charge in [0.1, 0.15) is 17.1 Å². The van der Waals surface area contributed by atoms with Gasteiger partial charge in [-0.2, -0.15) is 0 Å². The van der Waals surface area contributed by atoms with Crippen LogP contribution in [-0.4, -0.2) is 30.1 Å². The van der Waals surface area contributed by atoms with Crippen LogP contribution in [-0.2, 0) is 6.54 Å². The molecule has 1 rings (SSSR count). The van der Waals surface area contributed by atoms with Crippen molar-refractivity contribution in [1.29, 1.82) is 0 Å². The van der Waals surface area contributed by atoms with Gasteiger partial charge in [-0.25, -0.2) is 4.79 Å². The summed E-state index contributed by atoms with van der Waals surface area (Å²) in [5, 5.41) is 8.74. The van der Waals surface area contributed by atoms with Crippen LogP contribution in [0.3, 0.4) is 0 Å². The highest BCUT2D eigenvalue weighted by molar-refractivity contribution is 5.88. The zero-order chi connectivity index (χ0) is 10.0. The average molecular weight is 220 g/mol. The molecule has 80 valence electrons. The molecule has 1 aromatic heterocycles. The van der Waals surface area contributed by atoms with E-state index in [0.717, 1.165) is 0 Å². The Morgan fingerprint density at radius 1 is 1.57 bits per heavy atom. The lowest BCUT2D eigenvalue weighted by atomic mass is 10.2. The van der Waals surface area contributed by atoms with E-state index in [-0.39, 0.29) is 18.0 Å². The minimum absolute atomic E-state index is 0. The number of halogens is 1. The molecule has 0 radical (unpaired) electrons. The molecule has 5 heteroatoms. The van der Waals surface area contributed by atoms with Crippen LogP contribution >= 0.6 is 12.4 Å². The van der Waals surface area contributed by atoms with Crippen molar-refractivity contribution in [1.82, 2.24) is 4.90 Å². The van der Waals surface area contributed by atoms with E-state index in [9.17, 15) is 4.79 Å². The van der Waals surface area contributed by atoms with Gasteiger partial charge in [-0.3, -0.25) is 0 Å². The zero-order valence-corrected chi connectivity index (χ0v) is 9.22. The summed E-state index contributed by atoms with van der Waals surface area (Å²) < 4.78 is 5.26. The highest BCUT2D eigenvalue weighted by atomic mass is 35.5. The Balaban J connectivity index is 0.00000169. The molecule has 0 spiro atoms. The van der Waals surface area contributed by atoms with Crippen LogP contribution in [0.4, 0.5) is 0 Å². The van der Waals surface area contributed by atoms with E-state index in [2.05, 4.69) is 0 Å². The second-order valence-corrected chi connectivity index (χ2v) is 3.23. The van der Waals surface area contributed by atoms with Crippen LogP contribution in [0, 0.1) is 6.92 Å². The van der Waals surface area contributed by atoms with Crippen molar-refractivity contribution >= 4 is 18.4 Å². The van der Waals surface area contributed by atoms with E-state index in [1.165, 1.54) is 0 Å². The van der Waals surface area contributed by atoms with Crippen molar-refractivity contribution in [2.45, 2.75) is 13.5 Å². The molecule has 0 saturated carbocycles. The Labute approximate surface area is 88.9 Å². The molecule has 1 heterocycles. The van der Waals surface area contributed by atoms with Gasteiger partial charge in [-0.1, -0.05) is 0 Å². The second kappa shape index (κ2) is 5.02. The maximum Gasteiger partial charge on any atom is 0.339 e. The molecule has 1 N–H and O–H groups in total. The summed E-state index contributed by atoms with van der Waals surface area (Å²) in [6.07, 6.45) is 0. The van der Waals surface area contributed by atoms with Gasteiger partial charge in [0.2, 0.25) is 0 Å². The molecule has 0 aliphatic carbocycles. The zero-order valence-electron chi connectivity index (χ0n) is 8.40. The van der Waals surface area contributed by atoms with Crippen molar-refractivity contribution in [2.75, 3.05) is 14.1 Å². The van der Waals surface area contributed by atoms with Crippen molar-refractivity contribution in [3.05, 3.63) is 23.2 Å². The number of hydrogen-bond acceptors (Lipinski definition) is 3. The first-order valence-corrected chi connectivity index (χ1v) is 3.98. The summed E-state index contributed by atoms with van der Waals surface area (Å²) >= 11 is 0. The Bertz CT molecular complexity index is 320. The third kappa shape index (κ3) is 3.05. The molecule has 0 saturated heterocycles. The van der Waals surface area contributed by atoms with Gasteiger partial charge in [-0.15, -0.1) is 12.4 Å². The van der Waals surface area contributed by atoms with Gasteiger partial charge in [0.25, 0.3) is 0 Å². The number of carboxylic acid groups (broad SMARTS) is 1. The molecule has 0 atom stereocenters. The van der Waals surface area contributed by atoms with Gasteiger partial charge in [-0.05, 0) is 27.1 Å². The molecular weight excluding hydrogens is 206 g/mol. The van der Waals surface area contributed by atoms with Crippen LogP contribution in [0.5, 0.6) is 0 Å². The maximum atomic E-state index is 10.6. The molecule has 0 aromatic carbocycles. The molecule has 0 fully saturated rings. The summed E-state index contributed by atoms with van der Waals surface area (Å²) in [6.45, 7) is 2.27. The third-order valence-corrected chi connectivity index (χ3v) is 1.67. The second-order valence-electron chi connectivity index (χ2n) is 3.23. The lowest BCUT2D eigenvalue weighted by Crippen LogP contribution is -2.09. The van der Waals surface area contributed by atoms with Crippen LogP contribution in [0.1, 0.15) is 21.9 Å². The SMILES string of the molecule is Cc1oc(CN(C)C)cc1C(=O)O.Cl. The van der Waals surface area contributed by atoms with Gasteiger partial charge in [0.15, 0.2) is 0 Å². The van der Waals surface area contributed by atoms with Gasteiger partial charge in [0, 0.05) is 0 Å². The van der Waals surface area contributed by atoms with Crippen LogP contribution in [0.25, 0.3) is 0 Å². The monoisotopic (exact) mass is 219 g/mol. The van der Waals surface area contributed by atoms with E-state index in [1.54, 1.807) is 13.0 Å². The molecular formula is C9H14ClNO3. The first-order valence-electron chi connectivity index (χ1n) is 3.98. The smallest absolute Gasteiger partial charge is 0.339 e. The lowest BCUT2D eigenvalue weighted by molar-refractivity contribution is 0.0695. The number of carbonyl (C=O) groups is 1. The Morgan fingerprint density at radius 2 is 2.14 bits per heavy atom. The normalized spacial score (nSPS) is 10.0. The minimum atomic E-state index is -0.939. The van der Waals surface area contributed by atoms with E-state index in [0.29, 0.717) is 18.1 Å². The van der Waals surface area contributed by atoms with Gasteiger partial charge < -0.3 is 14.4 Å². The first-order chi connectivity index (χ1) is 6.00. The minimum Gasteiger partial charge on any atom is -0.478 e. The summed E-state index contributed by atoms with van der Waals surface area (Å²) in [5.74, 6) is 0.204. The largest absolute Gasteiger partial charge is 0.478 e. The highest BCUT2D eigenvalue weighted by Gasteiger charge is 2.13. The Hall–Kier alpha value is -1.00. The van der Waals surface area contributed by atoms with Crippen molar-refractivity contribution in [2.24, 2.45) is 0 Å². The number of hydrogen-bond donors (Lipinski definition) is 1. The average Bonchev–Trinajstić information content (AvgIpc) is 2.29. The summed E-state index contributed by atoms with van der Waals surface area (Å²) in [5.41, 5.74) is 0.247.